The fourth-order valence-corrected chi connectivity index (χ4v) is 1.24. The number of ether oxygens (including phenoxy) is 2. The van der Waals surface area contributed by atoms with Crippen molar-refractivity contribution in [2.24, 2.45) is 0 Å². The molecule has 1 aromatic carbocycles. The molecule has 5 heteroatoms. The molecule has 0 saturated carbocycles. The maximum atomic E-state index is 9.18. The molecule has 0 amide bonds. The highest BCUT2D eigenvalue weighted by Gasteiger charge is 2.04. The first-order valence-corrected chi connectivity index (χ1v) is 5.91. The molecule has 0 spiro atoms. The maximum Gasteiger partial charge on any atom is 0.123 e. The molecule has 18 heavy (non-hydrogen) atoms. The third-order valence-corrected chi connectivity index (χ3v) is 2.27. The molecule has 0 aliphatic carbocycles. The normalized spacial score (nSPS) is 12.5. The van der Waals surface area contributed by atoms with E-state index in [0.29, 0.717) is 12.4 Å². The molecule has 0 saturated heterocycles. The van der Waals surface area contributed by atoms with Gasteiger partial charge in [-0.05, 0) is 26.2 Å². The Balaban J connectivity index is 2.41. The molecule has 0 aromatic heterocycles. The molecule has 1 rings (SSSR count). The van der Waals surface area contributed by atoms with Crippen molar-refractivity contribution in [2.75, 3.05) is 40.5 Å². The lowest BCUT2D eigenvalue weighted by Crippen LogP contribution is -2.21. The number of hydrogen-bond donors (Lipinski definition) is 2. The van der Waals surface area contributed by atoms with E-state index in [0.717, 1.165) is 12.3 Å². The lowest BCUT2D eigenvalue weighted by molar-refractivity contribution is 0.0535. The summed E-state index contributed by atoms with van der Waals surface area (Å²) in [7, 11) is 3.97. The number of hydrogen-bond acceptors (Lipinski definition) is 5. The van der Waals surface area contributed by atoms with Crippen LogP contribution in [0.15, 0.2) is 24.3 Å². The molecule has 1 unspecified atom stereocenters. The summed E-state index contributed by atoms with van der Waals surface area (Å²) in [5.74, 6) is 1.35. The second kappa shape index (κ2) is 7.92. The number of benzene rings is 1. The van der Waals surface area contributed by atoms with E-state index in [9.17, 15) is 5.11 Å². The summed E-state index contributed by atoms with van der Waals surface area (Å²) in [5, 5.41) is 17.9. The maximum absolute atomic E-state index is 9.18. The number of likely N-dealkylation sites (N-methyl/N-ethyl adjacent to an activating group) is 1. The molecular weight excluding hydrogens is 234 g/mol. The largest absolute Gasteiger partial charge is 0.492 e. The van der Waals surface area contributed by atoms with Crippen LogP contribution in [0.2, 0.25) is 0 Å². The average molecular weight is 255 g/mol. The smallest absolute Gasteiger partial charge is 0.123 e. The molecule has 5 nitrogen and oxygen atoms in total. The van der Waals surface area contributed by atoms with Crippen LogP contribution in [0.25, 0.3) is 0 Å². The van der Waals surface area contributed by atoms with E-state index in [1.165, 1.54) is 0 Å². The second-order valence-corrected chi connectivity index (χ2v) is 4.27. The Kier molecular flexibility index (Phi) is 6.49. The molecular formula is C13H21NO4. The third kappa shape index (κ3) is 5.86. The van der Waals surface area contributed by atoms with Crippen LogP contribution in [-0.2, 0) is 0 Å². The highest BCUT2D eigenvalue weighted by Crippen LogP contribution is 2.19. The Morgan fingerprint density at radius 1 is 1.22 bits per heavy atom. The van der Waals surface area contributed by atoms with Crippen molar-refractivity contribution in [2.45, 2.75) is 6.10 Å². The zero-order valence-electron chi connectivity index (χ0n) is 10.9. The van der Waals surface area contributed by atoms with Crippen molar-refractivity contribution < 1.29 is 19.7 Å². The standard InChI is InChI=1S/C13H21NO4/c1-14(2)6-7-17-12-4-3-5-13(8-12)18-10-11(16)9-15/h3-5,8,11,15-16H,6-7,9-10H2,1-2H3. The predicted octanol–water partition coefficient (Wildman–Crippen LogP) is 0.359. The van der Waals surface area contributed by atoms with Crippen molar-refractivity contribution in [3.05, 3.63) is 24.3 Å². The summed E-state index contributed by atoms with van der Waals surface area (Å²) in [4.78, 5) is 2.04. The SMILES string of the molecule is CN(C)CCOc1cccc(OCC(O)CO)c1. The molecule has 102 valence electrons. The minimum Gasteiger partial charge on any atom is -0.492 e. The summed E-state index contributed by atoms with van der Waals surface area (Å²) < 4.78 is 10.9. The number of aliphatic hydroxyl groups is 2. The van der Waals surface area contributed by atoms with Crippen LogP contribution in [0.4, 0.5) is 0 Å². The van der Waals surface area contributed by atoms with E-state index < -0.39 is 6.10 Å². The second-order valence-electron chi connectivity index (χ2n) is 4.27. The van der Waals surface area contributed by atoms with Crippen molar-refractivity contribution >= 4 is 0 Å². The van der Waals surface area contributed by atoms with Gasteiger partial charge in [-0.15, -0.1) is 0 Å². The summed E-state index contributed by atoms with van der Waals surface area (Å²) in [6.45, 7) is 1.21. The van der Waals surface area contributed by atoms with Gasteiger partial charge in [-0.2, -0.15) is 0 Å². The monoisotopic (exact) mass is 255 g/mol. The zero-order chi connectivity index (χ0) is 13.4. The number of rotatable bonds is 8. The topological polar surface area (TPSA) is 62.2 Å². The fourth-order valence-electron chi connectivity index (χ4n) is 1.24. The van der Waals surface area contributed by atoms with Gasteiger partial charge in [0, 0.05) is 12.6 Å². The van der Waals surface area contributed by atoms with Crippen molar-refractivity contribution in [3.63, 3.8) is 0 Å². The molecule has 0 bridgehead atoms. The zero-order valence-corrected chi connectivity index (χ0v) is 10.9. The minimum absolute atomic E-state index is 0.0671. The molecule has 0 heterocycles. The average Bonchev–Trinajstić information content (AvgIpc) is 2.36. The summed E-state index contributed by atoms with van der Waals surface area (Å²) in [6.07, 6.45) is -0.858. The van der Waals surface area contributed by atoms with E-state index in [1.54, 1.807) is 12.1 Å². The highest BCUT2D eigenvalue weighted by molar-refractivity contribution is 5.32. The number of aliphatic hydroxyl groups excluding tert-OH is 2. The Hall–Kier alpha value is -1.30. The van der Waals surface area contributed by atoms with Gasteiger partial charge in [0.05, 0.1) is 6.61 Å². The van der Waals surface area contributed by atoms with Crippen LogP contribution < -0.4 is 9.47 Å². The lowest BCUT2D eigenvalue weighted by Gasteiger charge is -2.13. The van der Waals surface area contributed by atoms with E-state index >= 15 is 0 Å². The van der Waals surface area contributed by atoms with E-state index in [4.69, 9.17) is 14.6 Å². The quantitative estimate of drug-likeness (QED) is 0.702. The summed E-state index contributed by atoms with van der Waals surface area (Å²) in [5.41, 5.74) is 0. The van der Waals surface area contributed by atoms with Gasteiger partial charge in [-0.25, -0.2) is 0 Å². The van der Waals surface area contributed by atoms with Gasteiger partial charge in [0.15, 0.2) is 0 Å². The first-order chi connectivity index (χ1) is 8.61. The van der Waals surface area contributed by atoms with Crippen LogP contribution >= 0.6 is 0 Å². The molecule has 1 aromatic rings. The van der Waals surface area contributed by atoms with Gasteiger partial charge in [-0.3, -0.25) is 0 Å². The molecule has 1 atom stereocenters. The third-order valence-electron chi connectivity index (χ3n) is 2.27. The predicted molar refractivity (Wildman–Crippen MR) is 69.1 cm³/mol. The first-order valence-electron chi connectivity index (χ1n) is 5.91. The van der Waals surface area contributed by atoms with Gasteiger partial charge < -0.3 is 24.6 Å². The van der Waals surface area contributed by atoms with Gasteiger partial charge in [-0.1, -0.05) is 6.07 Å². The van der Waals surface area contributed by atoms with Gasteiger partial charge in [0.1, 0.15) is 30.8 Å². The van der Waals surface area contributed by atoms with E-state index in [1.807, 2.05) is 31.1 Å². The Morgan fingerprint density at radius 3 is 2.50 bits per heavy atom. The minimum atomic E-state index is -0.858. The van der Waals surface area contributed by atoms with Crippen LogP contribution in [-0.4, -0.2) is 61.7 Å². The first kappa shape index (κ1) is 14.8. The van der Waals surface area contributed by atoms with Crippen LogP contribution in [0.3, 0.4) is 0 Å². The van der Waals surface area contributed by atoms with Crippen LogP contribution in [0.5, 0.6) is 11.5 Å². The van der Waals surface area contributed by atoms with Crippen molar-refractivity contribution in [3.8, 4) is 11.5 Å². The highest BCUT2D eigenvalue weighted by atomic mass is 16.5. The van der Waals surface area contributed by atoms with Gasteiger partial charge in [0.2, 0.25) is 0 Å². The van der Waals surface area contributed by atoms with Crippen molar-refractivity contribution in [1.29, 1.82) is 0 Å². The Bertz CT molecular complexity index is 344. The van der Waals surface area contributed by atoms with Gasteiger partial charge in [0.25, 0.3) is 0 Å². The van der Waals surface area contributed by atoms with Gasteiger partial charge >= 0.3 is 0 Å². The summed E-state index contributed by atoms with van der Waals surface area (Å²) in [6, 6.07) is 7.22. The Morgan fingerprint density at radius 2 is 1.89 bits per heavy atom. The lowest BCUT2D eigenvalue weighted by atomic mass is 10.3. The van der Waals surface area contributed by atoms with E-state index in [2.05, 4.69) is 0 Å². The molecule has 2 N–H and O–H groups in total. The molecule has 0 radical (unpaired) electrons. The van der Waals surface area contributed by atoms with Crippen LogP contribution in [0, 0.1) is 0 Å². The summed E-state index contributed by atoms with van der Waals surface area (Å²) >= 11 is 0. The van der Waals surface area contributed by atoms with Crippen LogP contribution in [0.1, 0.15) is 0 Å². The molecule has 0 fully saturated rings. The Labute approximate surface area is 108 Å². The fraction of sp³-hybridized carbons (Fsp3) is 0.538. The molecule has 0 aliphatic heterocycles. The van der Waals surface area contributed by atoms with E-state index in [-0.39, 0.29) is 13.2 Å². The van der Waals surface area contributed by atoms with Crippen molar-refractivity contribution in [1.82, 2.24) is 4.90 Å². The molecule has 0 aliphatic rings. The number of nitrogens with zero attached hydrogens (tertiary/aromatic N) is 1.